The molecule has 0 amide bonds. The lowest BCUT2D eigenvalue weighted by molar-refractivity contribution is -0.143. The van der Waals surface area contributed by atoms with E-state index in [0.717, 1.165) is 6.42 Å². The SMILES string of the molecule is COCCC(C)N(CC(=O)OC)C(C)C. The molecule has 0 aromatic carbocycles. The highest BCUT2D eigenvalue weighted by atomic mass is 16.5. The summed E-state index contributed by atoms with van der Waals surface area (Å²) in [4.78, 5) is 13.3. The molecular formula is C11H23NO3. The molecule has 0 aliphatic rings. The number of carbonyl (C=O) groups excluding carboxylic acids is 1. The highest BCUT2D eigenvalue weighted by Gasteiger charge is 2.19. The Labute approximate surface area is 92.5 Å². The van der Waals surface area contributed by atoms with Crippen LogP contribution < -0.4 is 0 Å². The lowest BCUT2D eigenvalue weighted by Crippen LogP contribution is -2.43. The Hall–Kier alpha value is -0.610. The second-order valence-corrected chi connectivity index (χ2v) is 3.97. The van der Waals surface area contributed by atoms with Crippen LogP contribution >= 0.6 is 0 Å². The van der Waals surface area contributed by atoms with Crippen molar-refractivity contribution in [2.24, 2.45) is 0 Å². The molecule has 1 unspecified atom stereocenters. The van der Waals surface area contributed by atoms with Crippen LogP contribution in [-0.2, 0) is 14.3 Å². The van der Waals surface area contributed by atoms with Crippen LogP contribution in [0.2, 0.25) is 0 Å². The largest absolute Gasteiger partial charge is 0.468 e. The van der Waals surface area contributed by atoms with Crippen molar-refractivity contribution in [1.29, 1.82) is 0 Å². The number of ether oxygens (including phenoxy) is 2. The van der Waals surface area contributed by atoms with E-state index in [0.29, 0.717) is 25.2 Å². The van der Waals surface area contributed by atoms with Crippen LogP contribution in [-0.4, -0.2) is 50.3 Å². The van der Waals surface area contributed by atoms with Gasteiger partial charge in [0.15, 0.2) is 0 Å². The third kappa shape index (κ3) is 5.74. The molecule has 0 radical (unpaired) electrons. The molecule has 0 fully saturated rings. The highest BCUT2D eigenvalue weighted by molar-refractivity contribution is 5.71. The van der Waals surface area contributed by atoms with E-state index in [9.17, 15) is 4.79 Å². The van der Waals surface area contributed by atoms with Crippen LogP contribution in [0.4, 0.5) is 0 Å². The lowest BCUT2D eigenvalue weighted by Gasteiger charge is -2.31. The summed E-state index contributed by atoms with van der Waals surface area (Å²) in [6, 6.07) is 0.653. The molecule has 90 valence electrons. The molecule has 0 saturated heterocycles. The van der Waals surface area contributed by atoms with Gasteiger partial charge in [-0.3, -0.25) is 9.69 Å². The monoisotopic (exact) mass is 217 g/mol. The summed E-state index contributed by atoms with van der Waals surface area (Å²) < 4.78 is 9.70. The van der Waals surface area contributed by atoms with Crippen molar-refractivity contribution in [2.45, 2.75) is 39.3 Å². The first-order valence-electron chi connectivity index (χ1n) is 5.34. The van der Waals surface area contributed by atoms with Crippen LogP contribution in [0.1, 0.15) is 27.2 Å². The molecule has 0 N–H and O–H groups in total. The molecule has 0 aromatic heterocycles. The topological polar surface area (TPSA) is 38.8 Å². The molecule has 0 aromatic rings. The number of hydrogen-bond donors (Lipinski definition) is 0. The van der Waals surface area contributed by atoms with Gasteiger partial charge in [0.1, 0.15) is 0 Å². The standard InChI is InChI=1S/C11H23NO3/c1-9(2)12(8-11(13)15-5)10(3)6-7-14-4/h9-10H,6-8H2,1-5H3. The van der Waals surface area contributed by atoms with Gasteiger partial charge >= 0.3 is 5.97 Å². The fourth-order valence-electron chi connectivity index (χ4n) is 1.52. The minimum atomic E-state index is -0.187. The van der Waals surface area contributed by atoms with Crippen molar-refractivity contribution in [3.8, 4) is 0 Å². The third-order valence-electron chi connectivity index (χ3n) is 2.51. The smallest absolute Gasteiger partial charge is 0.319 e. The summed E-state index contributed by atoms with van der Waals surface area (Å²) in [5.41, 5.74) is 0. The van der Waals surface area contributed by atoms with E-state index in [1.165, 1.54) is 7.11 Å². The van der Waals surface area contributed by atoms with Crippen molar-refractivity contribution in [1.82, 2.24) is 4.90 Å². The first-order valence-corrected chi connectivity index (χ1v) is 5.34. The van der Waals surface area contributed by atoms with E-state index in [2.05, 4.69) is 30.4 Å². The second kappa shape index (κ2) is 7.65. The Kier molecular flexibility index (Phi) is 7.34. The maximum Gasteiger partial charge on any atom is 0.319 e. The van der Waals surface area contributed by atoms with Crippen LogP contribution in [0.25, 0.3) is 0 Å². The average Bonchev–Trinajstić information content (AvgIpc) is 2.21. The molecule has 0 rings (SSSR count). The van der Waals surface area contributed by atoms with E-state index >= 15 is 0 Å². The molecule has 0 saturated carbocycles. The zero-order chi connectivity index (χ0) is 11.8. The van der Waals surface area contributed by atoms with Crippen LogP contribution in [0, 0.1) is 0 Å². The number of esters is 1. The summed E-state index contributed by atoms with van der Waals surface area (Å²) in [6.07, 6.45) is 0.922. The maximum atomic E-state index is 11.2. The van der Waals surface area contributed by atoms with E-state index in [1.54, 1.807) is 7.11 Å². The Bertz CT molecular complexity index is 183. The summed E-state index contributed by atoms with van der Waals surface area (Å²) in [5, 5.41) is 0. The first-order chi connectivity index (χ1) is 7.02. The number of nitrogens with zero attached hydrogens (tertiary/aromatic N) is 1. The van der Waals surface area contributed by atoms with Gasteiger partial charge in [-0.25, -0.2) is 0 Å². The number of hydrogen-bond acceptors (Lipinski definition) is 4. The van der Waals surface area contributed by atoms with Crippen molar-refractivity contribution >= 4 is 5.97 Å². The van der Waals surface area contributed by atoms with Crippen molar-refractivity contribution in [3.63, 3.8) is 0 Å². The molecule has 1 atom stereocenters. The Morgan fingerprint density at radius 1 is 1.27 bits per heavy atom. The normalized spacial score (nSPS) is 13.3. The van der Waals surface area contributed by atoms with Gasteiger partial charge < -0.3 is 9.47 Å². The molecule has 0 aliphatic carbocycles. The van der Waals surface area contributed by atoms with Gasteiger partial charge in [0.2, 0.25) is 0 Å². The van der Waals surface area contributed by atoms with E-state index < -0.39 is 0 Å². The predicted octanol–water partition coefficient (Wildman–Crippen LogP) is 1.29. The summed E-state index contributed by atoms with van der Waals surface area (Å²) in [5.74, 6) is -0.187. The van der Waals surface area contributed by atoms with Gasteiger partial charge in [-0.1, -0.05) is 0 Å². The number of carbonyl (C=O) groups is 1. The zero-order valence-corrected chi connectivity index (χ0v) is 10.4. The van der Waals surface area contributed by atoms with Crippen molar-refractivity contribution in [2.75, 3.05) is 27.4 Å². The van der Waals surface area contributed by atoms with Gasteiger partial charge in [-0.05, 0) is 27.2 Å². The summed E-state index contributed by atoms with van der Waals surface area (Å²) in [6.45, 7) is 7.31. The van der Waals surface area contributed by atoms with E-state index in [-0.39, 0.29) is 5.97 Å². The Balaban J connectivity index is 4.18. The van der Waals surface area contributed by atoms with Gasteiger partial charge in [0.05, 0.1) is 13.7 Å². The molecule has 0 bridgehead atoms. The zero-order valence-electron chi connectivity index (χ0n) is 10.4. The fourth-order valence-corrected chi connectivity index (χ4v) is 1.52. The van der Waals surface area contributed by atoms with Gasteiger partial charge in [-0.15, -0.1) is 0 Å². The Morgan fingerprint density at radius 2 is 1.87 bits per heavy atom. The lowest BCUT2D eigenvalue weighted by atomic mass is 10.1. The average molecular weight is 217 g/mol. The van der Waals surface area contributed by atoms with Crippen molar-refractivity contribution in [3.05, 3.63) is 0 Å². The van der Waals surface area contributed by atoms with Crippen LogP contribution in [0.5, 0.6) is 0 Å². The molecule has 0 heterocycles. The first kappa shape index (κ1) is 14.4. The summed E-state index contributed by atoms with van der Waals surface area (Å²) in [7, 11) is 3.10. The highest BCUT2D eigenvalue weighted by Crippen LogP contribution is 2.08. The fraction of sp³-hybridized carbons (Fsp3) is 0.909. The van der Waals surface area contributed by atoms with Gasteiger partial charge in [0, 0.05) is 25.8 Å². The van der Waals surface area contributed by atoms with Gasteiger partial charge in [-0.2, -0.15) is 0 Å². The van der Waals surface area contributed by atoms with Crippen LogP contribution in [0.15, 0.2) is 0 Å². The minimum Gasteiger partial charge on any atom is -0.468 e. The van der Waals surface area contributed by atoms with Crippen molar-refractivity contribution < 1.29 is 14.3 Å². The predicted molar refractivity (Wildman–Crippen MR) is 59.8 cm³/mol. The molecule has 4 nitrogen and oxygen atoms in total. The molecular weight excluding hydrogens is 194 g/mol. The van der Waals surface area contributed by atoms with Crippen LogP contribution in [0.3, 0.4) is 0 Å². The van der Waals surface area contributed by atoms with E-state index in [1.807, 2.05) is 0 Å². The summed E-state index contributed by atoms with van der Waals surface area (Å²) >= 11 is 0. The van der Waals surface area contributed by atoms with E-state index in [4.69, 9.17) is 4.74 Å². The maximum absolute atomic E-state index is 11.2. The molecule has 0 aliphatic heterocycles. The molecule has 0 spiro atoms. The number of methoxy groups -OCH3 is 2. The quantitative estimate of drug-likeness (QED) is 0.602. The third-order valence-corrected chi connectivity index (χ3v) is 2.51. The second-order valence-electron chi connectivity index (χ2n) is 3.97. The number of rotatable bonds is 7. The minimum absolute atomic E-state index is 0.187. The van der Waals surface area contributed by atoms with Gasteiger partial charge in [0.25, 0.3) is 0 Å². The Morgan fingerprint density at radius 3 is 2.27 bits per heavy atom. The molecule has 4 heteroatoms. The molecule has 15 heavy (non-hydrogen) atoms.